The fourth-order valence-corrected chi connectivity index (χ4v) is 4.60. The molecule has 0 spiro atoms. The van der Waals surface area contributed by atoms with Crippen LogP contribution >= 0.6 is 0 Å². The molecule has 2 fully saturated rings. The van der Waals surface area contributed by atoms with Crippen LogP contribution in [0.4, 0.5) is 5.69 Å². The van der Waals surface area contributed by atoms with Crippen LogP contribution in [0.15, 0.2) is 24.3 Å². The molecule has 3 atom stereocenters. The minimum Gasteiger partial charge on any atom is -0.478 e. The molecule has 0 aromatic heterocycles. The second-order valence-electron chi connectivity index (χ2n) is 7.80. The van der Waals surface area contributed by atoms with Crippen molar-refractivity contribution in [2.24, 2.45) is 5.92 Å². The highest BCUT2D eigenvalue weighted by molar-refractivity contribution is 5.99. The van der Waals surface area contributed by atoms with Crippen molar-refractivity contribution in [1.82, 2.24) is 4.90 Å². The molecule has 1 aromatic carbocycles. The van der Waals surface area contributed by atoms with E-state index in [0.29, 0.717) is 17.4 Å². The van der Waals surface area contributed by atoms with Gasteiger partial charge in [-0.3, -0.25) is 14.4 Å². The van der Waals surface area contributed by atoms with Crippen LogP contribution in [0, 0.1) is 5.92 Å². The van der Waals surface area contributed by atoms with Crippen molar-refractivity contribution in [1.29, 1.82) is 0 Å². The van der Waals surface area contributed by atoms with Gasteiger partial charge < -0.3 is 19.7 Å². The van der Waals surface area contributed by atoms with Crippen LogP contribution in [-0.4, -0.2) is 48.0 Å². The third-order valence-electron chi connectivity index (χ3n) is 5.98. The number of anilines is 1. The lowest BCUT2D eigenvalue weighted by atomic mass is 9.78. The molecule has 2 aliphatic heterocycles. The van der Waals surface area contributed by atoms with Crippen LogP contribution in [-0.2, 0) is 19.1 Å². The van der Waals surface area contributed by atoms with Gasteiger partial charge in [0.25, 0.3) is 11.8 Å². The average molecular weight is 386 g/mol. The summed E-state index contributed by atoms with van der Waals surface area (Å²) >= 11 is 0. The highest BCUT2D eigenvalue weighted by Gasteiger charge is 2.36. The van der Waals surface area contributed by atoms with Crippen molar-refractivity contribution in [3.8, 4) is 5.75 Å². The van der Waals surface area contributed by atoms with Crippen LogP contribution in [0.1, 0.15) is 44.9 Å². The SMILES string of the molecule is O=C(C[C@H]1Oc2ccccc2NC1=O)OCC(=O)N1CCC[C@@H]2CCCC[C@@H]21. The van der Waals surface area contributed by atoms with Crippen molar-refractivity contribution < 1.29 is 23.9 Å². The number of ether oxygens (including phenoxy) is 2. The summed E-state index contributed by atoms with van der Waals surface area (Å²) < 4.78 is 10.8. The van der Waals surface area contributed by atoms with Gasteiger partial charge in [0.15, 0.2) is 12.7 Å². The molecule has 2 amide bonds. The summed E-state index contributed by atoms with van der Waals surface area (Å²) in [6, 6.07) is 7.34. The van der Waals surface area contributed by atoms with Gasteiger partial charge in [0.05, 0.1) is 12.1 Å². The Hall–Kier alpha value is -2.57. The van der Waals surface area contributed by atoms with Crippen molar-refractivity contribution in [2.45, 2.75) is 57.1 Å². The Bertz CT molecular complexity index is 763. The van der Waals surface area contributed by atoms with E-state index in [1.807, 2.05) is 4.90 Å². The van der Waals surface area contributed by atoms with Gasteiger partial charge in [-0.2, -0.15) is 0 Å². The van der Waals surface area contributed by atoms with E-state index in [0.717, 1.165) is 25.8 Å². The molecule has 1 aromatic rings. The van der Waals surface area contributed by atoms with E-state index in [-0.39, 0.29) is 30.9 Å². The number of hydrogen-bond donors (Lipinski definition) is 1. The number of hydrogen-bond acceptors (Lipinski definition) is 5. The number of esters is 1. The minimum atomic E-state index is -0.949. The first kappa shape index (κ1) is 18.8. The fourth-order valence-electron chi connectivity index (χ4n) is 4.60. The van der Waals surface area contributed by atoms with E-state index in [1.165, 1.54) is 19.3 Å². The molecule has 1 saturated carbocycles. The van der Waals surface area contributed by atoms with E-state index in [4.69, 9.17) is 9.47 Å². The Morgan fingerprint density at radius 2 is 1.93 bits per heavy atom. The lowest BCUT2D eigenvalue weighted by Crippen LogP contribution is -2.51. The second-order valence-corrected chi connectivity index (χ2v) is 7.80. The number of para-hydroxylation sites is 2. The van der Waals surface area contributed by atoms with Crippen LogP contribution in [0.2, 0.25) is 0 Å². The van der Waals surface area contributed by atoms with Gasteiger partial charge in [-0.05, 0) is 43.7 Å². The Kier molecular flexibility index (Phi) is 5.50. The highest BCUT2D eigenvalue weighted by Crippen LogP contribution is 2.35. The van der Waals surface area contributed by atoms with Gasteiger partial charge in [0.1, 0.15) is 5.75 Å². The zero-order chi connectivity index (χ0) is 19.5. The Balaban J connectivity index is 1.28. The molecule has 1 saturated heterocycles. The van der Waals surface area contributed by atoms with E-state index in [2.05, 4.69) is 5.32 Å². The molecule has 150 valence electrons. The number of likely N-dealkylation sites (tertiary alicyclic amines) is 1. The number of piperidine rings is 1. The van der Waals surface area contributed by atoms with Crippen LogP contribution in [0.3, 0.4) is 0 Å². The first-order valence-electron chi connectivity index (χ1n) is 10.1. The summed E-state index contributed by atoms with van der Waals surface area (Å²) in [6.07, 6.45) is 5.64. The monoisotopic (exact) mass is 386 g/mol. The predicted molar refractivity (Wildman–Crippen MR) is 102 cm³/mol. The number of carbonyl (C=O) groups excluding carboxylic acids is 3. The van der Waals surface area contributed by atoms with Crippen LogP contribution in [0.25, 0.3) is 0 Å². The smallest absolute Gasteiger partial charge is 0.310 e. The Morgan fingerprint density at radius 3 is 2.82 bits per heavy atom. The third-order valence-corrected chi connectivity index (χ3v) is 5.98. The molecule has 0 unspecified atom stereocenters. The molecule has 0 bridgehead atoms. The molecule has 1 N–H and O–H groups in total. The zero-order valence-electron chi connectivity index (χ0n) is 15.9. The summed E-state index contributed by atoms with van der Waals surface area (Å²) in [7, 11) is 0. The number of amides is 2. The maximum absolute atomic E-state index is 12.6. The van der Waals surface area contributed by atoms with E-state index in [9.17, 15) is 14.4 Å². The Morgan fingerprint density at radius 1 is 1.14 bits per heavy atom. The maximum Gasteiger partial charge on any atom is 0.310 e. The quantitative estimate of drug-likeness (QED) is 0.804. The van der Waals surface area contributed by atoms with Gasteiger partial charge in [-0.1, -0.05) is 25.0 Å². The summed E-state index contributed by atoms with van der Waals surface area (Å²) in [6.45, 7) is 0.468. The topological polar surface area (TPSA) is 84.9 Å². The molecule has 4 rings (SSSR count). The minimum absolute atomic E-state index is 0.135. The van der Waals surface area contributed by atoms with Crippen molar-refractivity contribution in [2.75, 3.05) is 18.5 Å². The van der Waals surface area contributed by atoms with E-state index in [1.54, 1.807) is 24.3 Å². The van der Waals surface area contributed by atoms with Crippen molar-refractivity contribution in [3.63, 3.8) is 0 Å². The highest BCUT2D eigenvalue weighted by atomic mass is 16.5. The zero-order valence-corrected chi connectivity index (χ0v) is 15.9. The maximum atomic E-state index is 12.6. The van der Waals surface area contributed by atoms with Gasteiger partial charge in [0, 0.05) is 12.6 Å². The van der Waals surface area contributed by atoms with Crippen LogP contribution in [0.5, 0.6) is 5.75 Å². The molecular weight excluding hydrogens is 360 g/mol. The fraction of sp³-hybridized carbons (Fsp3) is 0.571. The molecule has 0 radical (unpaired) electrons. The first-order chi connectivity index (χ1) is 13.6. The number of benzene rings is 1. The molecule has 2 heterocycles. The summed E-state index contributed by atoms with van der Waals surface area (Å²) in [5, 5.41) is 2.72. The lowest BCUT2D eigenvalue weighted by molar-refractivity contribution is -0.156. The molecule has 7 heteroatoms. The van der Waals surface area contributed by atoms with Crippen molar-refractivity contribution in [3.05, 3.63) is 24.3 Å². The third kappa shape index (κ3) is 3.98. The van der Waals surface area contributed by atoms with Crippen LogP contribution < -0.4 is 10.1 Å². The first-order valence-corrected chi connectivity index (χ1v) is 10.1. The molecule has 3 aliphatic rings. The van der Waals surface area contributed by atoms with E-state index >= 15 is 0 Å². The summed E-state index contributed by atoms with van der Waals surface area (Å²) in [5.74, 6) is -0.0216. The van der Waals surface area contributed by atoms with Gasteiger partial charge in [-0.25, -0.2) is 0 Å². The Labute approximate surface area is 164 Å². The summed E-state index contributed by atoms with van der Waals surface area (Å²) in [5.41, 5.74) is 0.583. The predicted octanol–water partition coefficient (Wildman–Crippen LogP) is 2.50. The van der Waals surface area contributed by atoms with Gasteiger partial charge in [0.2, 0.25) is 0 Å². The second kappa shape index (κ2) is 8.20. The normalized spacial score (nSPS) is 26.4. The van der Waals surface area contributed by atoms with Gasteiger partial charge >= 0.3 is 5.97 Å². The standard InChI is InChI=1S/C21H26N2O5/c24-19(23-11-5-7-14-6-1-3-9-16(14)23)13-27-20(25)12-18-21(26)22-15-8-2-4-10-17(15)28-18/h2,4,8,10,14,16,18H,1,3,5-7,9,11-13H2,(H,22,26)/t14-,16-,18+/m0/s1. The molecule has 1 aliphatic carbocycles. The number of rotatable bonds is 4. The molecular formula is C21H26N2O5. The number of nitrogens with zero attached hydrogens (tertiary/aromatic N) is 1. The number of fused-ring (bicyclic) bond motifs is 2. The number of carbonyl (C=O) groups is 3. The molecule has 7 nitrogen and oxygen atoms in total. The number of nitrogens with one attached hydrogen (secondary N) is 1. The summed E-state index contributed by atoms with van der Waals surface area (Å²) in [4.78, 5) is 38.8. The molecule has 28 heavy (non-hydrogen) atoms. The van der Waals surface area contributed by atoms with Crippen molar-refractivity contribution >= 4 is 23.5 Å². The largest absolute Gasteiger partial charge is 0.478 e. The van der Waals surface area contributed by atoms with E-state index < -0.39 is 12.1 Å². The van der Waals surface area contributed by atoms with Gasteiger partial charge in [-0.15, -0.1) is 0 Å². The average Bonchev–Trinajstić information content (AvgIpc) is 2.72. The lowest BCUT2D eigenvalue weighted by Gasteiger charge is -2.44.